The third-order valence-corrected chi connectivity index (χ3v) is 2.87. The van der Waals surface area contributed by atoms with Gasteiger partial charge in [-0.25, -0.2) is 0 Å². The molecule has 0 saturated carbocycles. The number of quaternary nitrogens is 2. The molecule has 0 aliphatic carbocycles. The molecule has 28 heavy (non-hydrogen) atoms. The highest BCUT2D eigenvalue weighted by atomic mass is 35.5. The first-order valence-electron chi connectivity index (χ1n) is 6.91. The van der Waals surface area contributed by atoms with Gasteiger partial charge in [0.1, 0.15) is 0 Å². The summed E-state index contributed by atoms with van der Waals surface area (Å²) >= 11 is 0. The molecule has 0 spiro atoms. The Bertz CT molecular complexity index is 366. The van der Waals surface area contributed by atoms with E-state index in [4.69, 9.17) is 10.2 Å². The Balaban J connectivity index is -0.0000000756. The second-order valence-corrected chi connectivity index (χ2v) is 4.96. The van der Waals surface area contributed by atoms with Gasteiger partial charge >= 0.3 is 24.3 Å². The maximum absolute atomic E-state index is 12.0. The van der Waals surface area contributed by atoms with E-state index in [1.807, 2.05) is 0 Å². The minimum Gasteiger partial charge on any atom is -1.00 e. The van der Waals surface area contributed by atoms with Crippen LogP contribution in [-0.2, 0) is 9.59 Å². The van der Waals surface area contributed by atoms with Gasteiger partial charge in [0.15, 0.2) is 0 Å². The number of carboxylic acids is 2. The fraction of sp³-hybridized carbons (Fsp3) is 0.833. The molecule has 0 aromatic rings. The lowest BCUT2D eigenvalue weighted by molar-refractivity contribution is -0.374. The van der Waals surface area contributed by atoms with Crippen molar-refractivity contribution < 1.29 is 93.4 Å². The van der Waals surface area contributed by atoms with Gasteiger partial charge in [-0.15, -0.1) is 0 Å². The number of rotatable bonds is 8. The molecule has 16 heteroatoms. The highest BCUT2D eigenvalue weighted by molar-refractivity contribution is 5.67. The third-order valence-electron chi connectivity index (χ3n) is 2.87. The Morgan fingerprint density at radius 2 is 0.929 bits per heavy atom. The molecule has 0 aliphatic heterocycles. The van der Waals surface area contributed by atoms with Crippen molar-refractivity contribution in [1.82, 2.24) is 0 Å². The van der Waals surface area contributed by atoms with Crippen LogP contribution in [0.25, 0.3) is 0 Å². The van der Waals surface area contributed by atoms with Crippen molar-refractivity contribution in [3.05, 3.63) is 0 Å². The minimum absolute atomic E-state index is 0. The van der Waals surface area contributed by atoms with Gasteiger partial charge in [-0.3, -0.25) is 9.59 Å². The van der Waals surface area contributed by atoms with Crippen molar-refractivity contribution in [2.24, 2.45) is 11.8 Å². The van der Waals surface area contributed by atoms with E-state index >= 15 is 0 Å². The maximum atomic E-state index is 12.0. The number of carboxylic acid groups (broad SMARTS) is 2. The molecule has 0 fully saturated rings. The summed E-state index contributed by atoms with van der Waals surface area (Å²) in [5.41, 5.74) is 6.51. The van der Waals surface area contributed by atoms with Crippen molar-refractivity contribution in [1.29, 1.82) is 0 Å². The first-order chi connectivity index (χ1) is 10.8. The maximum Gasteiger partial charge on any atom is 0.392 e. The van der Waals surface area contributed by atoms with Gasteiger partial charge in [0, 0.05) is 12.8 Å². The summed E-state index contributed by atoms with van der Waals surface area (Å²) in [6, 6.07) is 0. The molecule has 2 atom stereocenters. The average Bonchev–Trinajstić information content (AvgIpc) is 2.35. The van der Waals surface area contributed by atoms with Crippen molar-refractivity contribution in [3.8, 4) is 0 Å². The minimum atomic E-state index is -4.42. The molecular formula is C12H26Cl2F6N2O6. The first kappa shape index (κ1) is 41.3. The van der Waals surface area contributed by atoms with Gasteiger partial charge < -0.3 is 57.4 Å². The summed E-state index contributed by atoms with van der Waals surface area (Å²) in [5.74, 6) is -6.36. The van der Waals surface area contributed by atoms with Crippen LogP contribution in [0.2, 0.25) is 0 Å². The summed E-state index contributed by atoms with van der Waals surface area (Å²) in [4.78, 5) is 20.0. The van der Waals surface area contributed by atoms with Gasteiger partial charge in [0.25, 0.3) is 0 Å². The van der Waals surface area contributed by atoms with Gasteiger partial charge in [-0.05, 0) is 0 Å². The van der Waals surface area contributed by atoms with E-state index in [0.717, 1.165) is 0 Å². The molecule has 0 saturated heterocycles. The standard InChI is InChI=1S/2C6H10F3NO2.2ClH.2H2O/c2*7-6(8,9)4(1-2-10)3-5(11)12;;;;/h2*4H,1-3,10H2,(H,11,12);2*1H;2*1H2/t2*4-;;;;/m10..../s1. The summed E-state index contributed by atoms with van der Waals surface area (Å²) in [7, 11) is 0. The van der Waals surface area contributed by atoms with E-state index in [1.165, 1.54) is 0 Å². The smallest absolute Gasteiger partial charge is 0.392 e. The molecule has 0 aliphatic rings. The number of aliphatic carboxylic acids is 2. The van der Waals surface area contributed by atoms with Crippen molar-refractivity contribution in [3.63, 3.8) is 0 Å². The van der Waals surface area contributed by atoms with E-state index in [2.05, 4.69) is 11.5 Å². The van der Waals surface area contributed by atoms with E-state index in [0.29, 0.717) is 0 Å². The number of hydrogen-bond acceptors (Lipinski definition) is 2. The Hall–Kier alpha value is -1.06. The lowest BCUT2D eigenvalue weighted by Gasteiger charge is -2.16. The number of halogens is 8. The highest BCUT2D eigenvalue weighted by Crippen LogP contribution is 2.31. The molecule has 0 bridgehead atoms. The molecule has 8 nitrogen and oxygen atoms in total. The Morgan fingerprint density at radius 1 is 0.714 bits per heavy atom. The lowest BCUT2D eigenvalue weighted by atomic mass is 10.0. The van der Waals surface area contributed by atoms with Crippen LogP contribution in [0.15, 0.2) is 0 Å². The molecule has 0 amide bonds. The number of hydrogen-bond donors (Lipinski definition) is 4. The summed E-state index contributed by atoms with van der Waals surface area (Å²) in [6.07, 6.45) is -11.0. The molecule has 0 rings (SSSR count). The van der Waals surface area contributed by atoms with Gasteiger partial charge in [-0.1, -0.05) is 0 Å². The summed E-state index contributed by atoms with van der Waals surface area (Å²) in [6.45, 7) is 0.189. The predicted molar refractivity (Wildman–Crippen MR) is 75.6 cm³/mol. The Morgan fingerprint density at radius 3 is 1.04 bits per heavy atom. The predicted octanol–water partition coefficient (Wildman–Crippen LogP) is -7.10. The molecule has 176 valence electrons. The van der Waals surface area contributed by atoms with E-state index < -0.39 is 49.0 Å². The SMILES string of the molecule is O.O.[Cl-].[Cl-].[NH3+]CC[C@@H](CC(=O)O)C(F)(F)F.[NH3+]CC[C@H](CC(=O)O)C(F)(F)F. The lowest BCUT2D eigenvalue weighted by Crippen LogP contribution is -3.00. The highest BCUT2D eigenvalue weighted by Gasteiger charge is 2.41. The molecule has 0 heterocycles. The number of alkyl halides is 6. The van der Waals surface area contributed by atoms with Crippen LogP contribution in [-0.4, -0.2) is 58.5 Å². The van der Waals surface area contributed by atoms with Crippen LogP contribution in [0.3, 0.4) is 0 Å². The van der Waals surface area contributed by atoms with Crippen molar-refractivity contribution >= 4 is 11.9 Å². The van der Waals surface area contributed by atoms with E-state index in [9.17, 15) is 35.9 Å². The van der Waals surface area contributed by atoms with Gasteiger partial charge in [0.2, 0.25) is 0 Å². The average molecular weight is 479 g/mol. The molecule has 0 radical (unpaired) electrons. The van der Waals surface area contributed by atoms with E-state index in [1.54, 1.807) is 0 Å². The van der Waals surface area contributed by atoms with Crippen molar-refractivity contribution in [2.75, 3.05) is 13.1 Å². The first-order valence-corrected chi connectivity index (χ1v) is 6.91. The van der Waals surface area contributed by atoms with E-state index in [-0.39, 0.29) is 61.7 Å². The fourth-order valence-corrected chi connectivity index (χ4v) is 1.68. The largest absolute Gasteiger partial charge is 1.00 e. The van der Waals surface area contributed by atoms with Crippen LogP contribution in [0.4, 0.5) is 26.3 Å². The van der Waals surface area contributed by atoms with Crippen LogP contribution in [0, 0.1) is 11.8 Å². The summed E-state index contributed by atoms with van der Waals surface area (Å²) < 4.78 is 71.9. The molecule has 0 aromatic carbocycles. The zero-order chi connectivity index (χ0) is 19.6. The zero-order valence-electron chi connectivity index (χ0n) is 14.5. The Labute approximate surface area is 169 Å². The normalized spacial score (nSPS) is 12.3. The monoisotopic (exact) mass is 478 g/mol. The second kappa shape index (κ2) is 19.3. The van der Waals surface area contributed by atoms with Gasteiger partial charge in [0.05, 0.1) is 37.8 Å². The van der Waals surface area contributed by atoms with Crippen LogP contribution >= 0.6 is 0 Å². The quantitative estimate of drug-likeness (QED) is 0.252. The summed E-state index contributed by atoms with van der Waals surface area (Å²) in [5, 5.41) is 16.3. The van der Waals surface area contributed by atoms with Crippen LogP contribution in [0.5, 0.6) is 0 Å². The molecule has 12 N–H and O–H groups in total. The Kier molecular flexibility index (Phi) is 28.4. The second-order valence-electron chi connectivity index (χ2n) is 4.96. The number of carbonyl (C=O) groups is 2. The molecular weight excluding hydrogens is 453 g/mol. The van der Waals surface area contributed by atoms with Crippen LogP contribution < -0.4 is 36.3 Å². The fourth-order valence-electron chi connectivity index (χ4n) is 1.68. The van der Waals surface area contributed by atoms with Crippen LogP contribution in [0.1, 0.15) is 25.7 Å². The molecule has 0 unspecified atom stereocenters. The van der Waals surface area contributed by atoms with Crippen molar-refractivity contribution in [2.45, 2.75) is 38.0 Å². The zero-order valence-corrected chi connectivity index (χ0v) is 16.1. The molecule has 0 aromatic heterocycles. The topological polar surface area (TPSA) is 193 Å². The van der Waals surface area contributed by atoms with Gasteiger partial charge in [-0.2, -0.15) is 26.3 Å². The third kappa shape index (κ3) is 23.0.